The SMILES string of the molecule is C=CC(=O)OC(C)(C)C.N#CC=CC=Cc1ccccc1. The van der Waals surface area contributed by atoms with Crippen molar-refractivity contribution in [3.8, 4) is 6.07 Å². The molecule has 21 heavy (non-hydrogen) atoms. The van der Waals surface area contributed by atoms with Crippen LogP contribution in [0.1, 0.15) is 26.3 Å². The van der Waals surface area contributed by atoms with E-state index in [9.17, 15) is 4.79 Å². The molecule has 0 radical (unpaired) electrons. The lowest BCUT2D eigenvalue weighted by Gasteiger charge is -2.17. The molecule has 110 valence electrons. The van der Waals surface area contributed by atoms with E-state index in [0.29, 0.717) is 0 Å². The van der Waals surface area contributed by atoms with Gasteiger partial charge in [-0.25, -0.2) is 4.79 Å². The van der Waals surface area contributed by atoms with Crippen LogP contribution in [-0.2, 0) is 9.53 Å². The Morgan fingerprint density at radius 1 is 1.24 bits per heavy atom. The molecule has 3 heteroatoms. The molecule has 0 fully saturated rings. The quantitative estimate of drug-likeness (QED) is 0.360. The van der Waals surface area contributed by atoms with Gasteiger partial charge in [0.25, 0.3) is 0 Å². The fourth-order valence-electron chi connectivity index (χ4n) is 1.17. The molecule has 1 rings (SSSR count). The maximum atomic E-state index is 10.5. The summed E-state index contributed by atoms with van der Waals surface area (Å²) in [6.07, 6.45) is 8.12. The molecule has 0 atom stereocenters. The summed E-state index contributed by atoms with van der Waals surface area (Å²) < 4.78 is 4.83. The van der Waals surface area contributed by atoms with E-state index in [1.807, 2.05) is 69.3 Å². The predicted octanol–water partition coefficient (Wildman–Crippen LogP) is 4.29. The number of hydrogen-bond donors (Lipinski definition) is 0. The molecule has 0 heterocycles. The van der Waals surface area contributed by atoms with Crippen LogP contribution in [0.4, 0.5) is 0 Å². The van der Waals surface area contributed by atoms with E-state index < -0.39 is 5.60 Å². The topological polar surface area (TPSA) is 50.1 Å². The van der Waals surface area contributed by atoms with Gasteiger partial charge in [-0.15, -0.1) is 0 Å². The summed E-state index contributed by atoms with van der Waals surface area (Å²) in [5, 5.41) is 8.19. The van der Waals surface area contributed by atoms with E-state index in [1.54, 1.807) is 6.08 Å². The van der Waals surface area contributed by atoms with Crippen LogP contribution in [0.3, 0.4) is 0 Å². The van der Waals surface area contributed by atoms with Crippen molar-refractivity contribution in [2.45, 2.75) is 26.4 Å². The molecule has 0 aromatic heterocycles. The van der Waals surface area contributed by atoms with E-state index in [0.717, 1.165) is 11.6 Å². The Morgan fingerprint density at radius 3 is 2.29 bits per heavy atom. The first-order chi connectivity index (χ1) is 9.89. The fraction of sp³-hybridized carbons (Fsp3) is 0.222. The number of nitrogens with zero attached hydrogens (tertiary/aromatic N) is 1. The first-order valence-electron chi connectivity index (χ1n) is 6.52. The minimum Gasteiger partial charge on any atom is -0.457 e. The van der Waals surface area contributed by atoms with Gasteiger partial charge in [0.2, 0.25) is 0 Å². The van der Waals surface area contributed by atoms with Gasteiger partial charge >= 0.3 is 5.97 Å². The lowest BCUT2D eigenvalue weighted by Crippen LogP contribution is -2.22. The summed E-state index contributed by atoms with van der Waals surface area (Å²) >= 11 is 0. The average Bonchev–Trinajstić information content (AvgIpc) is 2.44. The molecule has 0 amide bonds. The Balaban J connectivity index is 0.000000400. The zero-order valence-electron chi connectivity index (χ0n) is 12.7. The summed E-state index contributed by atoms with van der Waals surface area (Å²) in [5.74, 6) is -0.373. The van der Waals surface area contributed by atoms with Crippen LogP contribution in [0.25, 0.3) is 6.08 Å². The maximum absolute atomic E-state index is 10.5. The molecular formula is C18H21NO2. The minimum atomic E-state index is -0.398. The molecule has 0 saturated heterocycles. The van der Waals surface area contributed by atoms with Crippen molar-refractivity contribution in [2.75, 3.05) is 0 Å². The predicted molar refractivity (Wildman–Crippen MR) is 86.3 cm³/mol. The molecule has 0 unspecified atom stereocenters. The Morgan fingerprint density at radius 2 is 1.86 bits per heavy atom. The zero-order valence-corrected chi connectivity index (χ0v) is 12.7. The van der Waals surface area contributed by atoms with Gasteiger partial charge in [-0.3, -0.25) is 0 Å². The van der Waals surface area contributed by atoms with Gasteiger partial charge in [0.15, 0.2) is 0 Å². The van der Waals surface area contributed by atoms with E-state index in [4.69, 9.17) is 10.00 Å². The number of nitriles is 1. The number of carbonyl (C=O) groups is 1. The van der Waals surface area contributed by atoms with Gasteiger partial charge in [0, 0.05) is 12.2 Å². The lowest BCUT2D eigenvalue weighted by molar-refractivity contribution is -0.148. The van der Waals surface area contributed by atoms with Gasteiger partial charge < -0.3 is 4.74 Å². The minimum absolute atomic E-state index is 0.373. The van der Waals surface area contributed by atoms with Gasteiger partial charge in [0.1, 0.15) is 5.60 Å². The van der Waals surface area contributed by atoms with Gasteiger partial charge in [-0.05, 0) is 26.3 Å². The summed E-state index contributed by atoms with van der Waals surface area (Å²) in [7, 11) is 0. The first kappa shape index (κ1) is 18.4. The van der Waals surface area contributed by atoms with Crippen LogP contribution < -0.4 is 0 Å². The Kier molecular flexibility index (Phi) is 8.95. The average molecular weight is 283 g/mol. The van der Waals surface area contributed by atoms with Crippen molar-refractivity contribution < 1.29 is 9.53 Å². The lowest BCUT2D eigenvalue weighted by atomic mass is 10.2. The summed E-state index contributed by atoms with van der Waals surface area (Å²) in [5.41, 5.74) is 0.741. The molecule has 0 spiro atoms. The highest BCUT2D eigenvalue weighted by atomic mass is 16.6. The van der Waals surface area contributed by atoms with E-state index in [1.165, 1.54) is 6.08 Å². The molecule has 1 aromatic carbocycles. The first-order valence-corrected chi connectivity index (χ1v) is 6.52. The fourth-order valence-corrected chi connectivity index (χ4v) is 1.17. The standard InChI is InChI=1S/C11H9N.C7H12O2/c12-10-6-2-5-9-11-7-3-1-4-8-11;1-5-6(8)9-7(2,3)4/h1-9H;5H,1H2,2-4H3. The van der Waals surface area contributed by atoms with Crippen LogP contribution in [0.2, 0.25) is 0 Å². The van der Waals surface area contributed by atoms with Crippen molar-refractivity contribution >= 4 is 12.0 Å². The monoisotopic (exact) mass is 283 g/mol. The van der Waals surface area contributed by atoms with Crippen LogP contribution in [0, 0.1) is 11.3 Å². The highest BCUT2D eigenvalue weighted by molar-refractivity contribution is 5.81. The maximum Gasteiger partial charge on any atom is 0.330 e. The number of ether oxygens (including phenoxy) is 1. The molecule has 0 aliphatic rings. The third-order valence-electron chi connectivity index (χ3n) is 1.94. The summed E-state index contributed by atoms with van der Waals surface area (Å²) in [4.78, 5) is 10.5. The van der Waals surface area contributed by atoms with Gasteiger partial charge in [0.05, 0.1) is 6.07 Å². The molecule has 1 aromatic rings. The summed E-state index contributed by atoms with van der Waals surface area (Å²) in [6, 6.07) is 11.9. The van der Waals surface area contributed by atoms with E-state index in [-0.39, 0.29) is 5.97 Å². The van der Waals surface area contributed by atoms with E-state index >= 15 is 0 Å². The second-order valence-electron chi connectivity index (χ2n) is 5.00. The Labute approximate surface area is 126 Å². The van der Waals surface area contributed by atoms with Gasteiger partial charge in [-0.2, -0.15) is 5.26 Å². The molecular weight excluding hydrogens is 262 g/mol. The Bertz CT molecular complexity index is 529. The van der Waals surface area contributed by atoms with Crippen molar-refractivity contribution in [1.82, 2.24) is 0 Å². The smallest absolute Gasteiger partial charge is 0.330 e. The number of carbonyl (C=O) groups excluding carboxylic acids is 1. The second kappa shape index (κ2) is 10.2. The second-order valence-corrected chi connectivity index (χ2v) is 5.00. The van der Waals surface area contributed by atoms with E-state index in [2.05, 4.69) is 6.58 Å². The Hall–Kier alpha value is -2.60. The normalized spacial score (nSPS) is 10.6. The number of hydrogen-bond acceptors (Lipinski definition) is 3. The number of esters is 1. The zero-order chi connectivity index (χ0) is 16.1. The van der Waals surface area contributed by atoms with Crippen molar-refractivity contribution in [3.05, 3.63) is 66.8 Å². The molecule has 0 N–H and O–H groups in total. The van der Waals surface area contributed by atoms with Gasteiger partial charge in [-0.1, -0.05) is 55.1 Å². The highest BCUT2D eigenvalue weighted by Gasteiger charge is 2.12. The number of benzene rings is 1. The molecule has 0 saturated carbocycles. The van der Waals surface area contributed by atoms with Crippen LogP contribution in [0.5, 0.6) is 0 Å². The van der Waals surface area contributed by atoms with Crippen LogP contribution in [-0.4, -0.2) is 11.6 Å². The highest BCUT2D eigenvalue weighted by Crippen LogP contribution is 2.06. The van der Waals surface area contributed by atoms with Crippen molar-refractivity contribution in [1.29, 1.82) is 5.26 Å². The molecule has 0 aliphatic heterocycles. The largest absolute Gasteiger partial charge is 0.457 e. The van der Waals surface area contributed by atoms with Crippen molar-refractivity contribution in [3.63, 3.8) is 0 Å². The van der Waals surface area contributed by atoms with Crippen molar-refractivity contribution in [2.24, 2.45) is 0 Å². The summed E-state index contributed by atoms with van der Waals surface area (Å²) in [6.45, 7) is 8.71. The van der Waals surface area contributed by atoms with Crippen LogP contribution >= 0.6 is 0 Å². The van der Waals surface area contributed by atoms with Crippen LogP contribution in [0.15, 0.2) is 61.2 Å². The molecule has 0 bridgehead atoms. The number of allylic oxidation sites excluding steroid dienone is 3. The third-order valence-corrected chi connectivity index (χ3v) is 1.94. The molecule has 0 aliphatic carbocycles. The number of rotatable bonds is 3. The molecule has 3 nitrogen and oxygen atoms in total. The third kappa shape index (κ3) is 12.2.